The lowest BCUT2D eigenvalue weighted by Gasteiger charge is -2.29. The van der Waals surface area contributed by atoms with Gasteiger partial charge < -0.3 is 5.32 Å². The number of rotatable bonds is 2. The van der Waals surface area contributed by atoms with Crippen LogP contribution < -0.4 is 5.32 Å². The first-order valence-corrected chi connectivity index (χ1v) is 7.43. The molecule has 1 saturated heterocycles. The van der Waals surface area contributed by atoms with E-state index >= 15 is 0 Å². The number of nitrogens with one attached hydrogen (secondary N) is 1. The number of imide groups is 1. The molecule has 2 fully saturated rings. The first-order valence-electron chi connectivity index (χ1n) is 7.43. The average molecular weight is 270 g/mol. The fourth-order valence-electron chi connectivity index (χ4n) is 3.69. The Hall–Kier alpha value is -1.84. The van der Waals surface area contributed by atoms with Crippen LogP contribution in [-0.2, 0) is 16.8 Å². The first-order chi connectivity index (χ1) is 9.71. The van der Waals surface area contributed by atoms with Gasteiger partial charge in [-0.2, -0.15) is 0 Å². The molecule has 1 saturated carbocycles. The molecule has 1 N–H and O–H groups in total. The van der Waals surface area contributed by atoms with E-state index in [-0.39, 0.29) is 11.9 Å². The Morgan fingerprint density at radius 1 is 1.25 bits per heavy atom. The molecule has 4 nitrogen and oxygen atoms in total. The third kappa shape index (κ3) is 1.48. The van der Waals surface area contributed by atoms with Gasteiger partial charge >= 0.3 is 6.03 Å². The lowest BCUT2D eigenvalue weighted by molar-refractivity contribution is -0.132. The summed E-state index contributed by atoms with van der Waals surface area (Å²) < 4.78 is 0. The molecular weight excluding hydrogens is 252 g/mol. The Labute approximate surface area is 118 Å². The van der Waals surface area contributed by atoms with Crippen molar-refractivity contribution in [2.75, 3.05) is 6.54 Å². The molecule has 1 spiro atoms. The van der Waals surface area contributed by atoms with Gasteiger partial charge in [0.25, 0.3) is 5.91 Å². The van der Waals surface area contributed by atoms with Crippen LogP contribution in [0.25, 0.3) is 0 Å². The van der Waals surface area contributed by atoms with E-state index in [4.69, 9.17) is 0 Å². The average Bonchev–Trinajstić information content (AvgIpc) is 2.88. The van der Waals surface area contributed by atoms with Gasteiger partial charge in [0, 0.05) is 6.54 Å². The summed E-state index contributed by atoms with van der Waals surface area (Å²) in [6, 6.07) is 7.76. The Morgan fingerprint density at radius 2 is 2.05 bits per heavy atom. The number of benzene rings is 1. The third-order valence-corrected chi connectivity index (χ3v) is 5.09. The van der Waals surface area contributed by atoms with Gasteiger partial charge in [-0.15, -0.1) is 0 Å². The highest BCUT2D eigenvalue weighted by molar-refractivity contribution is 6.08. The van der Waals surface area contributed by atoms with Crippen molar-refractivity contribution in [3.05, 3.63) is 35.4 Å². The number of hydrogen-bond donors (Lipinski definition) is 1. The molecular formula is C16H18N2O2. The van der Waals surface area contributed by atoms with E-state index in [1.54, 1.807) is 0 Å². The van der Waals surface area contributed by atoms with Crippen LogP contribution in [0.3, 0.4) is 0 Å². The minimum absolute atomic E-state index is 0.0423. The number of carbonyl (C=O) groups excluding carboxylic acids is 2. The van der Waals surface area contributed by atoms with E-state index in [0.29, 0.717) is 18.9 Å². The molecule has 2 aliphatic carbocycles. The van der Waals surface area contributed by atoms with Gasteiger partial charge in [-0.1, -0.05) is 30.7 Å². The molecule has 4 heteroatoms. The maximum Gasteiger partial charge on any atom is 0.325 e. The van der Waals surface area contributed by atoms with Crippen LogP contribution in [0.5, 0.6) is 0 Å². The van der Waals surface area contributed by atoms with Crippen molar-refractivity contribution in [2.24, 2.45) is 5.92 Å². The van der Waals surface area contributed by atoms with Gasteiger partial charge in [0.1, 0.15) is 5.54 Å². The summed E-state index contributed by atoms with van der Waals surface area (Å²) in [6.07, 6.45) is 5.06. The van der Waals surface area contributed by atoms with E-state index < -0.39 is 5.54 Å². The maximum absolute atomic E-state index is 12.8. The second-order valence-corrected chi connectivity index (χ2v) is 6.21. The lowest BCUT2D eigenvalue weighted by atomic mass is 9.84. The van der Waals surface area contributed by atoms with E-state index in [9.17, 15) is 9.59 Å². The first kappa shape index (κ1) is 11.9. The zero-order valence-electron chi connectivity index (χ0n) is 11.4. The molecule has 4 rings (SSSR count). The van der Waals surface area contributed by atoms with Crippen LogP contribution in [0.4, 0.5) is 4.79 Å². The molecule has 1 aromatic carbocycles. The zero-order chi connectivity index (χ0) is 13.7. The van der Waals surface area contributed by atoms with Gasteiger partial charge in [-0.05, 0) is 42.7 Å². The topological polar surface area (TPSA) is 49.4 Å². The molecule has 3 aliphatic rings. The Balaban J connectivity index is 1.67. The predicted octanol–water partition coefficient (Wildman–Crippen LogP) is 2.18. The lowest BCUT2D eigenvalue weighted by Crippen LogP contribution is -2.42. The molecule has 1 unspecified atom stereocenters. The van der Waals surface area contributed by atoms with Crippen molar-refractivity contribution in [1.29, 1.82) is 0 Å². The van der Waals surface area contributed by atoms with Crippen LogP contribution in [-0.4, -0.2) is 23.4 Å². The summed E-state index contributed by atoms with van der Waals surface area (Å²) in [6.45, 7) is 0.592. The van der Waals surface area contributed by atoms with E-state index in [1.807, 2.05) is 18.2 Å². The Bertz CT molecular complexity index is 594. The number of carbonyl (C=O) groups is 2. The Kier molecular flexibility index (Phi) is 2.43. The van der Waals surface area contributed by atoms with Crippen LogP contribution in [0, 0.1) is 5.92 Å². The monoisotopic (exact) mass is 270 g/mol. The smallest absolute Gasteiger partial charge is 0.319 e. The largest absolute Gasteiger partial charge is 0.325 e. The summed E-state index contributed by atoms with van der Waals surface area (Å²) in [5, 5.41) is 2.98. The van der Waals surface area contributed by atoms with Crippen LogP contribution in [0.15, 0.2) is 24.3 Å². The van der Waals surface area contributed by atoms with Crippen molar-refractivity contribution >= 4 is 11.9 Å². The summed E-state index contributed by atoms with van der Waals surface area (Å²) in [4.78, 5) is 26.5. The maximum atomic E-state index is 12.8. The molecule has 0 bridgehead atoms. The third-order valence-electron chi connectivity index (χ3n) is 5.09. The van der Waals surface area contributed by atoms with Crippen molar-refractivity contribution < 1.29 is 9.59 Å². The number of aryl methyl sites for hydroxylation is 1. The van der Waals surface area contributed by atoms with E-state index in [1.165, 1.54) is 16.9 Å². The number of hydrogen-bond acceptors (Lipinski definition) is 2. The number of nitrogens with zero attached hydrogens (tertiary/aromatic N) is 1. The number of amides is 3. The summed E-state index contributed by atoms with van der Waals surface area (Å²) in [7, 11) is 0. The Morgan fingerprint density at radius 3 is 2.80 bits per heavy atom. The number of urea groups is 1. The number of fused-ring (bicyclic) bond motifs is 2. The van der Waals surface area contributed by atoms with Crippen molar-refractivity contribution in [2.45, 2.75) is 37.6 Å². The molecule has 1 atom stereocenters. The quantitative estimate of drug-likeness (QED) is 0.837. The van der Waals surface area contributed by atoms with Crippen molar-refractivity contribution in [3.8, 4) is 0 Å². The second kappa shape index (κ2) is 4.08. The highest BCUT2D eigenvalue weighted by Crippen LogP contribution is 2.42. The van der Waals surface area contributed by atoms with Crippen LogP contribution >= 0.6 is 0 Å². The van der Waals surface area contributed by atoms with E-state index in [2.05, 4.69) is 11.4 Å². The molecule has 1 aliphatic heterocycles. The fourth-order valence-corrected chi connectivity index (χ4v) is 3.69. The van der Waals surface area contributed by atoms with Gasteiger partial charge in [-0.25, -0.2) is 4.79 Å². The second-order valence-electron chi connectivity index (χ2n) is 6.21. The highest BCUT2D eigenvalue weighted by Gasteiger charge is 2.55. The SMILES string of the molecule is O=C1NC2(CCc3ccccc32)C(=O)N1CC1CCC1. The minimum Gasteiger partial charge on any atom is -0.319 e. The normalized spacial score (nSPS) is 28.7. The van der Waals surface area contributed by atoms with Gasteiger partial charge in [0.2, 0.25) is 0 Å². The molecule has 0 aromatic heterocycles. The summed E-state index contributed by atoms with van der Waals surface area (Å²) in [5.41, 5.74) is 1.40. The standard InChI is InChI=1S/C16H18N2O2/c19-14-16(9-8-12-6-1-2-7-13(12)16)17-15(20)18(14)10-11-4-3-5-11/h1-2,6-7,11H,3-5,8-10H2,(H,17,20). The van der Waals surface area contributed by atoms with Crippen molar-refractivity contribution in [1.82, 2.24) is 10.2 Å². The highest BCUT2D eigenvalue weighted by atomic mass is 16.2. The molecule has 104 valence electrons. The zero-order valence-corrected chi connectivity index (χ0v) is 11.4. The molecule has 1 aromatic rings. The predicted molar refractivity (Wildman–Crippen MR) is 74.0 cm³/mol. The van der Waals surface area contributed by atoms with Gasteiger partial charge in [0.15, 0.2) is 0 Å². The van der Waals surface area contributed by atoms with Crippen LogP contribution in [0.2, 0.25) is 0 Å². The van der Waals surface area contributed by atoms with Crippen molar-refractivity contribution in [3.63, 3.8) is 0 Å². The molecule has 0 radical (unpaired) electrons. The molecule has 3 amide bonds. The summed E-state index contributed by atoms with van der Waals surface area (Å²) in [5.74, 6) is 0.468. The molecule has 1 heterocycles. The molecule has 20 heavy (non-hydrogen) atoms. The van der Waals surface area contributed by atoms with Gasteiger partial charge in [-0.3, -0.25) is 9.69 Å². The van der Waals surface area contributed by atoms with Gasteiger partial charge in [0.05, 0.1) is 0 Å². The summed E-state index contributed by atoms with van der Waals surface area (Å²) >= 11 is 0. The van der Waals surface area contributed by atoms with Crippen LogP contribution in [0.1, 0.15) is 36.8 Å². The fraction of sp³-hybridized carbons (Fsp3) is 0.500. The minimum atomic E-state index is -0.780. The van der Waals surface area contributed by atoms with E-state index in [0.717, 1.165) is 24.8 Å².